The monoisotopic (exact) mass is 491 g/mol. The Labute approximate surface area is 204 Å². The lowest BCUT2D eigenvalue weighted by atomic mass is 10.0. The second-order valence-electron chi connectivity index (χ2n) is 9.20. The highest BCUT2D eigenvalue weighted by Gasteiger charge is 2.85. The van der Waals surface area contributed by atoms with Crippen LogP contribution in [0.3, 0.4) is 0 Å². The Balaban J connectivity index is 1.91. The number of thioether (sulfide) groups is 2. The minimum Gasteiger partial charge on any atom is -0.503 e. The predicted molar refractivity (Wildman–Crippen MR) is 134 cm³/mol. The van der Waals surface area contributed by atoms with Crippen molar-refractivity contribution in [2.24, 2.45) is 17.3 Å². The molecule has 2 fully saturated rings. The number of likely N-dealkylation sites (tertiary alicyclic amines) is 1. The number of hydrogen-bond acceptors (Lipinski definition) is 7. The molecular weight excluding hydrogens is 458 g/mol. The van der Waals surface area contributed by atoms with E-state index < -0.39 is 10.7 Å². The van der Waals surface area contributed by atoms with Gasteiger partial charge in [0.1, 0.15) is 10.3 Å². The van der Waals surface area contributed by atoms with Crippen LogP contribution in [0.2, 0.25) is 0 Å². The van der Waals surface area contributed by atoms with Crippen molar-refractivity contribution in [1.29, 1.82) is 0 Å². The number of hydrogen-bond donors (Lipinski definition) is 0. The van der Waals surface area contributed by atoms with Gasteiger partial charge in [0.25, 0.3) is 0 Å². The van der Waals surface area contributed by atoms with Crippen LogP contribution in [0.4, 0.5) is 0 Å². The number of fused-ring (bicyclic) bond motifs is 1. The van der Waals surface area contributed by atoms with Crippen LogP contribution in [0.15, 0.2) is 30.5 Å². The first-order chi connectivity index (χ1) is 15.7. The molecule has 0 N–H and O–H groups in total. The summed E-state index contributed by atoms with van der Waals surface area (Å²) in [6, 6.07) is 7.54. The number of carbonyl (C=O) groups is 3. The molecule has 0 spiro atoms. The molecule has 1 saturated carbocycles. The Morgan fingerprint density at radius 3 is 2.55 bits per heavy atom. The third-order valence-electron chi connectivity index (χ3n) is 6.66. The summed E-state index contributed by atoms with van der Waals surface area (Å²) in [7, 11) is 2.82. The molecule has 1 aromatic rings. The zero-order valence-corrected chi connectivity index (χ0v) is 21.8. The van der Waals surface area contributed by atoms with Gasteiger partial charge < -0.3 is 9.47 Å². The van der Waals surface area contributed by atoms with Gasteiger partial charge in [0, 0.05) is 23.5 Å². The average molecular weight is 492 g/mol. The summed E-state index contributed by atoms with van der Waals surface area (Å²) in [5.74, 6) is 0.773. The van der Waals surface area contributed by atoms with Crippen LogP contribution in [0.25, 0.3) is 5.57 Å². The minimum absolute atomic E-state index is 0.0347. The van der Waals surface area contributed by atoms with E-state index in [1.807, 2.05) is 30.5 Å². The largest absolute Gasteiger partial charge is 0.503 e. The summed E-state index contributed by atoms with van der Waals surface area (Å²) in [5, 5.41) is 0. The van der Waals surface area contributed by atoms with Gasteiger partial charge in [-0.3, -0.25) is 14.5 Å². The molecule has 0 radical (unpaired) electrons. The zero-order valence-electron chi connectivity index (χ0n) is 20.2. The fourth-order valence-corrected chi connectivity index (χ4v) is 7.81. The SMILES string of the molecule is COC=C(C(=O)OC)c1ccccc1CSC12C(=O)N(CCC(C)C)C(=O)C1C2(C)CSC. The van der Waals surface area contributed by atoms with Crippen LogP contribution in [0, 0.1) is 17.3 Å². The maximum Gasteiger partial charge on any atom is 0.341 e. The maximum atomic E-state index is 13.6. The standard InChI is InChI=1S/C25H33NO5S2/c1-16(2)11-12-26-21(27)20-24(3,15-32-6)25(20,23(26)29)33-14-17-9-7-8-10-18(17)19(13-30-4)22(28)31-5/h7-10,13,16,20H,11-12,14-15H2,1-6H3. The predicted octanol–water partition coefficient (Wildman–Crippen LogP) is 4.23. The molecule has 3 atom stereocenters. The molecule has 0 aromatic heterocycles. The van der Waals surface area contributed by atoms with Gasteiger partial charge in [0.05, 0.1) is 26.4 Å². The van der Waals surface area contributed by atoms with E-state index in [2.05, 4.69) is 20.8 Å². The van der Waals surface area contributed by atoms with Crippen LogP contribution in [0.1, 0.15) is 38.3 Å². The number of nitrogens with zero attached hydrogens (tertiary/aromatic N) is 1. The van der Waals surface area contributed by atoms with Crippen molar-refractivity contribution in [1.82, 2.24) is 4.90 Å². The molecule has 8 heteroatoms. The Morgan fingerprint density at radius 2 is 1.94 bits per heavy atom. The summed E-state index contributed by atoms with van der Waals surface area (Å²) >= 11 is 3.20. The first kappa shape index (κ1) is 25.7. The molecule has 2 amide bonds. The number of piperidine rings is 1. The van der Waals surface area contributed by atoms with Gasteiger partial charge in [-0.15, -0.1) is 11.8 Å². The third-order valence-corrected chi connectivity index (χ3v) is 9.34. The molecular formula is C25H33NO5S2. The highest BCUT2D eigenvalue weighted by Crippen LogP contribution is 2.74. The van der Waals surface area contributed by atoms with Crippen molar-refractivity contribution in [2.45, 2.75) is 37.7 Å². The molecule has 0 bridgehead atoms. The van der Waals surface area contributed by atoms with Gasteiger partial charge in [-0.1, -0.05) is 45.0 Å². The average Bonchev–Trinajstić information content (AvgIpc) is 3.24. The maximum absolute atomic E-state index is 13.6. The molecule has 1 aromatic carbocycles. The number of ether oxygens (including phenoxy) is 2. The zero-order chi connectivity index (χ0) is 24.4. The molecule has 3 rings (SSSR count). The Kier molecular flexibility index (Phi) is 7.89. The number of imide groups is 1. The summed E-state index contributed by atoms with van der Waals surface area (Å²) in [6.45, 7) is 6.73. The molecule has 33 heavy (non-hydrogen) atoms. The van der Waals surface area contributed by atoms with E-state index in [9.17, 15) is 14.4 Å². The Bertz CT molecular complexity index is 962. The van der Waals surface area contributed by atoms with Gasteiger partial charge in [0.2, 0.25) is 11.8 Å². The fourth-order valence-electron chi connectivity index (χ4n) is 4.86. The third kappa shape index (κ3) is 4.32. The lowest BCUT2D eigenvalue weighted by Crippen LogP contribution is -2.42. The van der Waals surface area contributed by atoms with Crippen LogP contribution < -0.4 is 0 Å². The summed E-state index contributed by atoms with van der Waals surface area (Å²) in [4.78, 5) is 40.7. The van der Waals surface area contributed by atoms with Crippen LogP contribution in [-0.4, -0.2) is 60.2 Å². The van der Waals surface area contributed by atoms with Crippen molar-refractivity contribution >= 4 is 46.9 Å². The van der Waals surface area contributed by atoms with E-state index in [-0.39, 0.29) is 23.1 Å². The molecule has 180 valence electrons. The first-order valence-electron chi connectivity index (χ1n) is 11.1. The van der Waals surface area contributed by atoms with Crippen molar-refractivity contribution in [2.75, 3.05) is 32.8 Å². The van der Waals surface area contributed by atoms with E-state index in [1.165, 1.54) is 37.1 Å². The van der Waals surface area contributed by atoms with Crippen molar-refractivity contribution in [3.63, 3.8) is 0 Å². The number of amides is 2. The van der Waals surface area contributed by atoms with E-state index in [0.717, 1.165) is 17.7 Å². The van der Waals surface area contributed by atoms with Crippen molar-refractivity contribution < 1.29 is 23.9 Å². The van der Waals surface area contributed by atoms with Gasteiger partial charge in [-0.25, -0.2) is 4.79 Å². The van der Waals surface area contributed by atoms with E-state index in [0.29, 0.717) is 29.4 Å². The smallest absolute Gasteiger partial charge is 0.341 e. The van der Waals surface area contributed by atoms with Gasteiger partial charge >= 0.3 is 5.97 Å². The summed E-state index contributed by atoms with van der Waals surface area (Å²) in [5.41, 5.74) is 1.54. The highest BCUT2D eigenvalue weighted by molar-refractivity contribution is 8.01. The molecule has 1 heterocycles. The van der Waals surface area contributed by atoms with E-state index in [1.54, 1.807) is 11.8 Å². The lowest BCUT2D eigenvalue weighted by Gasteiger charge is -2.27. The second-order valence-corrected chi connectivity index (χ2v) is 11.3. The number of rotatable bonds is 11. The normalized spacial score (nSPS) is 26.6. The van der Waals surface area contributed by atoms with Crippen LogP contribution in [-0.2, 0) is 29.6 Å². The molecule has 6 nitrogen and oxygen atoms in total. The minimum atomic E-state index is -0.756. The van der Waals surface area contributed by atoms with Crippen molar-refractivity contribution in [3.8, 4) is 0 Å². The van der Waals surface area contributed by atoms with Gasteiger partial charge in [-0.05, 0) is 29.7 Å². The van der Waals surface area contributed by atoms with Crippen LogP contribution in [0.5, 0.6) is 0 Å². The number of benzene rings is 1. The lowest BCUT2D eigenvalue weighted by molar-refractivity contribution is -0.142. The van der Waals surface area contributed by atoms with Gasteiger partial charge in [0.15, 0.2) is 0 Å². The number of esters is 1. The summed E-state index contributed by atoms with van der Waals surface area (Å²) < 4.78 is 9.30. The highest BCUT2D eigenvalue weighted by atomic mass is 32.2. The van der Waals surface area contributed by atoms with Crippen molar-refractivity contribution in [3.05, 3.63) is 41.7 Å². The molecule has 1 aliphatic heterocycles. The number of carbonyl (C=O) groups excluding carboxylic acids is 3. The van der Waals surface area contributed by atoms with E-state index in [4.69, 9.17) is 9.47 Å². The topological polar surface area (TPSA) is 72.9 Å². The first-order valence-corrected chi connectivity index (χ1v) is 13.5. The fraction of sp³-hybridized carbons (Fsp3) is 0.560. The second kappa shape index (κ2) is 10.1. The van der Waals surface area contributed by atoms with E-state index >= 15 is 0 Å². The number of methoxy groups -OCH3 is 2. The Hall–Kier alpha value is -1.93. The van der Waals surface area contributed by atoms with Gasteiger partial charge in [-0.2, -0.15) is 11.8 Å². The summed E-state index contributed by atoms with van der Waals surface area (Å²) in [6.07, 6.45) is 4.19. The molecule has 3 unspecified atom stereocenters. The Morgan fingerprint density at radius 1 is 1.24 bits per heavy atom. The van der Waals surface area contributed by atoms with Crippen LogP contribution >= 0.6 is 23.5 Å². The quantitative estimate of drug-likeness (QED) is 0.198. The molecule has 1 aliphatic carbocycles. The molecule has 1 saturated heterocycles. The molecule has 2 aliphatic rings.